The third kappa shape index (κ3) is 2.39. The predicted octanol–water partition coefficient (Wildman–Crippen LogP) is 1.68. The molecular weight excluding hydrogens is 223 g/mol. The minimum Gasteiger partial charge on any atom is -0.444 e. The zero-order valence-electron chi connectivity index (χ0n) is 10.8. The minimum absolute atomic E-state index is 0.0228. The first-order valence-electron chi connectivity index (χ1n) is 6.04. The molecule has 2 N–H and O–H groups in total. The van der Waals surface area contributed by atoms with E-state index in [0.717, 1.165) is 0 Å². The molecule has 1 saturated carbocycles. The van der Waals surface area contributed by atoms with Crippen LogP contribution in [0.3, 0.4) is 0 Å². The van der Waals surface area contributed by atoms with E-state index in [9.17, 15) is 9.18 Å². The molecule has 1 aliphatic carbocycles. The van der Waals surface area contributed by atoms with Gasteiger partial charge in [-0.1, -0.05) is 0 Å². The first kappa shape index (κ1) is 12.6. The summed E-state index contributed by atoms with van der Waals surface area (Å²) in [4.78, 5) is 13.3. The van der Waals surface area contributed by atoms with Crippen LogP contribution in [0.2, 0.25) is 0 Å². The maximum Gasteiger partial charge on any atom is 0.410 e. The van der Waals surface area contributed by atoms with Crippen LogP contribution < -0.4 is 5.73 Å². The van der Waals surface area contributed by atoms with Gasteiger partial charge < -0.3 is 15.4 Å². The zero-order valence-corrected chi connectivity index (χ0v) is 10.8. The van der Waals surface area contributed by atoms with Crippen LogP contribution >= 0.6 is 0 Å². The Morgan fingerprint density at radius 1 is 1.41 bits per heavy atom. The van der Waals surface area contributed by atoms with Gasteiger partial charge in [-0.25, -0.2) is 9.18 Å². The molecule has 5 heteroatoms. The summed E-state index contributed by atoms with van der Waals surface area (Å²) in [5.74, 6) is 0. The van der Waals surface area contributed by atoms with Crippen LogP contribution in [0.25, 0.3) is 0 Å². The summed E-state index contributed by atoms with van der Waals surface area (Å²) in [6, 6.07) is 0. The number of nitrogens with zero attached hydrogens (tertiary/aromatic N) is 1. The predicted molar refractivity (Wildman–Crippen MR) is 62.4 cm³/mol. The maximum absolute atomic E-state index is 13.7. The molecule has 0 aromatic rings. The van der Waals surface area contributed by atoms with Crippen molar-refractivity contribution >= 4 is 6.09 Å². The first-order chi connectivity index (χ1) is 7.67. The van der Waals surface area contributed by atoms with Crippen molar-refractivity contribution in [1.82, 2.24) is 4.90 Å². The highest BCUT2D eigenvalue weighted by Gasteiger charge is 2.61. The quantitative estimate of drug-likeness (QED) is 0.763. The smallest absolute Gasteiger partial charge is 0.410 e. The molecule has 4 nitrogen and oxygen atoms in total. The molecule has 1 heterocycles. The molecule has 17 heavy (non-hydrogen) atoms. The largest absolute Gasteiger partial charge is 0.444 e. The van der Waals surface area contributed by atoms with Crippen molar-refractivity contribution in [3.63, 3.8) is 0 Å². The lowest BCUT2D eigenvalue weighted by Gasteiger charge is -2.60. The highest BCUT2D eigenvalue weighted by molar-refractivity contribution is 5.69. The number of carbonyl (C=O) groups is 1. The Balaban J connectivity index is 1.79. The molecule has 2 rings (SSSR count). The Morgan fingerprint density at radius 2 is 1.94 bits per heavy atom. The summed E-state index contributed by atoms with van der Waals surface area (Å²) in [5, 5.41) is 0. The number of carbonyl (C=O) groups excluding carboxylic acids is 1. The van der Waals surface area contributed by atoms with Crippen LogP contribution in [0.5, 0.6) is 0 Å². The number of halogens is 1. The van der Waals surface area contributed by atoms with E-state index in [-0.39, 0.29) is 18.1 Å². The van der Waals surface area contributed by atoms with Crippen LogP contribution in [0.4, 0.5) is 9.18 Å². The number of ether oxygens (including phenoxy) is 1. The Labute approximate surface area is 101 Å². The Bertz CT molecular complexity index is 324. The van der Waals surface area contributed by atoms with E-state index in [4.69, 9.17) is 10.5 Å². The fraction of sp³-hybridized carbons (Fsp3) is 0.917. The molecule has 2 aliphatic rings. The third-order valence-electron chi connectivity index (χ3n) is 3.45. The molecule has 0 aromatic carbocycles. The summed E-state index contributed by atoms with van der Waals surface area (Å²) in [6.45, 7) is 6.81. The molecule has 1 aliphatic heterocycles. The average molecular weight is 244 g/mol. The summed E-state index contributed by atoms with van der Waals surface area (Å²) in [7, 11) is 0. The maximum atomic E-state index is 13.7. The van der Waals surface area contributed by atoms with Gasteiger partial charge in [0.1, 0.15) is 11.3 Å². The van der Waals surface area contributed by atoms with Crippen LogP contribution in [0.1, 0.15) is 33.6 Å². The van der Waals surface area contributed by atoms with E-state index in [1.807, 2.05) is 20.8 Å². The van der Waals surface area contributed by atoms with Gasteiger partial charge in [-0.3, -0.25) is 0 Å². The van der Waals surface area contributed by atoms with Crippen molar-refractivity contribution in [2.45, 2.75) is 44.9 Å². The van der Waals surface area contributed by atoms with Crippen molar-refractivity contribution in [3.05, 3.63) is 0 Å². The first-order valence-corrected chi connectivity index (χ1v) is 6.04. The van der Waals surface area contributed by atoms with E-state index >= 15 is 0 Å². The number of nitrogens with two attached hydrogens (primary N) is 1. The Kier molecular flexibility index (Phi) is 2.65. The number of amides is 1. The van der Waals surface area contributed by atoms with Gasteiger partial charge in [0.15, 0.2) is 0 Å². The van der Waals surface area contributed by atoms with E-state index in [1.165, 1.54) is 0 Å². The van der Waals surface area contributed by atoms with Crippen molar-refractivity contribution < 1.29 is 13.9 Å². The molecule has 0 unspecified atom stereocenters. The lowest BCUT2D eigenvalue weighted by molar-refractivity contribution is -0.144. The number of hydrogen-bond donors (Lipinski definition) is 1. The number of alkyl halides is 1. The van der Waals surface area contributed by atoms with Crippen molar-refractivity contribution in [3.8, 4) is 0 Å². The van der Waals surface area contributed by atoms with Gasteiger partial charge in [0.25, 0.3) is 0 Å². The molecule has 1 saturated heterocycles. The molecule has 0 aromatic heterocycles. The lowest BCUT2D eigenvalue weighted by Crippen LogP contribution is -2.69. The van der Waals surface area contributed by atoms with E-state index in [1.54, 1.807) is 4.90 Å². The van der Waals surface area contributed by atoms with E-state index < -0.39 is 11.3 Å². The standard InChI is InChI=1S/C12H21FN2O2/c1-10(2,3)17-9(16)15-7-11(8-15)4-12(13,5-11)6-14/h4-8,14H2,1-3H3. The van der Waals surface area contributed by atoms with Gasteiger partial charge >= 0.3 is 6.09 Å². The molecule has 1 spiro atoms. The van der Waals surface area contributed by atoms with Crippen molar-refractivity contribution in [1.29, 1.82) is 0 Å². The van der Waals surface area contributed by atoms with E-state index in [2.05, 4.69) is 0 Å². The van der Waals surface area contributed by atoms with Crippen LogP contribution in [-0.4, -0.2) is 41.9 Å². The lowest BCUT2D eigenvalue weighted by atomic mass is 9.56. The number of rotatable bonds is 1. The van der Waals surface area contributed by atoms with Gasteiger partial charge in [0.2, 0.25) is 0 Å². The molecule has 98 valence electrons. The van der Waals surface area contributed by atoms with Crippen LogP contribution in [0.15, 0.2) is 0 Å². The molecule has 0 bridgehead atoms. The number of likely N-dealkylation sites (tertiary alicyclic amines) is 1. The molecule has 1 amide bonds. The number of hydrogen-bond acceptors (Lipinski definition) is 3. The summed E-state index contributed by atoms with van der Waals surface area (Å²) in [6.07, 6.45) is 0.665. The summed E-state index contributed by atoms with van der Waals surface area (Å²) in [5.41, 5.74) is 3.68. The Hall–Kier alpha value is -0.840. The van der Waals surface area contributed by atoms with Gasteiger partial charge in [0, 0.05) is 25.0 Å². The van der Waals surface area contributed by atoms with Gasteiger partial charge in [0.05, 0.1) is 0 Å². The highest BCUT2D eigenvalue weighted by atomic mass is 19.1. The molecule has 2 fully saturated rings. The second-order valence-electron chi connectivity index (χ2n) is 6.54. The third-order valence-corrected chi connectivity index (χ3v) is 3.45. The highest BCUT2D eigenvalue weighted by Crippen LogP contribution is 2.55. The van der Waals surface area contributed by atoms with Crippen LogP contribution in [-0.2, 0) is 4.74 Å². The topological polar surface area (TPSA) is 55.6 Å². The monoisotopic (exact) mass is 244 g/mol. The normalized spacial score (nSPS) is 25.1. The second kappa shape index (κ2) is 3.57. The summed E-state index contributed by atoms with van der Waals surface area (Å²) < 4.78 is 18.9. The SMILES string of the molecule is CC(C)(C)OC(=O)N1CC2(C1)CC(F)(CN)C2. The molecule has 0 atom stereocenters. The Morgan fingerprint density at radius 3 is 2.35 bits per heavy atom. The summed E-state index contributed by atoms with van der Waals surface area (Å²) >= 11 is 0. The van der Waals surface area contributed by atoms with Crippen LogP contribution in [0, 0.1) is 5.41 Å². The van der Waals surface area contributed by atoms with Gasteiger partial charge in [-0.15, -0.1) is 0 Å². The fourth-order valence-electron chi connectivity index (χ4n) is 2.88. The van der Waals surface area contributed by atoms with Gasteiger partial charge in [-0.05, 0) is 33.6 Å². The minimum atomic E-state index is -1.19. The molecular formula is C12H21FN2O2. The second-order valence-corrected chi connectivity index (χ2v) is 6.54. The zero-order chi connectivity index (χ0) is 12.9. The molecule has 0 radical (unpaired) electrons. The van der Waals surface area contributed by atoms with Crippen molar-refractivity contribution in [2.24, 2.45) is 11.1 Å². The average Bonchev–Trinajstić information content (AvgIpc) is 2.05. The van der Waals surface area contributed by atoms with Crippen molar-refractivity contribution in [2.75, 3.05) is 19.6 Å². The van der Waals surface area contributed by atoms with E-state index in [0.29, 0.717) is 25.9 Å². The van der Waals surface area contributed by atoms with Gasteiger partial charge in [-0.2, -0.15) is 0 Å². The fourth-order valence-corrected chi connectivity index (χ4v) is 2.88.